The zero-order valence-electron chi connectivity index (χ0n) is 38.7. The van der Waals surface area contributed by atoms with Gasteiger partial charge in [0, 0.05) is 69.8 Å². The minimum Gasteiger partial charge on any atom is -0.512 e. The third-order valence-corrected chi connectivity index (χ3v) is 11.1. The van der Waals surface area contributed by atoms with Crippen LogP contribution in [0.1, 0.15) is 105 Å². The van der Waals surface area contributed by atoms with Gasteiger partial charge in [0.2, 0.25) is 0 Å². The van der Waals surface area contributed by atoms with Crippen LogP contribution in [0.2, 0.25) is 0 Å². The summed E-state index contributed by atoms with van der Waals surface area (Å²) < 4.78 is 0. The monoisotopic (exact) mass is 970 g/mol. The van der Waals surface area contributed by atoms with Crippen molar-refractivity contribution in [3.05, 3.63) is 121 Å². The second-order valence-corrected chi connectivity index (χ2v) is 16.5. The summed E-state index contributed by atoms with van der Waals surface area (Å²) >= 11 is 0. The Balaban J connectivity index is 0.000000229. The van der Waals surface area contributed by atoms with Crippen LogP contribution in [0.4, 0.5) is 0 Å². The van der Waals surface area contributed by atoms with Crippen LogP contribution in [0.25, 0.3) is 89.7 Å². The number of unbranched alkanes of at least 4 members (excludes halogenated alkanes) is 8. The van der Waals surface area contributed by atoms with Crippen molar-refractivity contribution in [2.24, 2.45) is 0 Å². The number of aliphatic hydroxyl groups excluding tert-OH is 2. The molecule has 0 spiro atoms. The number of carbonyl (C=O) groups is 2. The number of rotatable bonds is 14. The fourth-order valence-electron chi connectivity index (χ4n) is 7.87. The van der Waals surface area contributed by atoms with E-state index in [-0.39, 0.29) is 49.3 Å². The molecule has 0 saturated heterocycles. The molecule has 7 aromatic rings. The van der Waals surface area contributed by atoms with Gasteiger partial charge < -0.3 is 40.1 Å². The van der Waals surface area contributed by atoms with Gasteiger partial charge in [0.1, 0.15) is 0 Å². The summed E-state index contributed by atoms with van der Waals surface area (Å²) in [6.07, 6.45) is 15.3. The number of allylic oxidation sites excluding steroid dienone is 4. The minimum absolute atomic E-state index is 0. The molecule has 0 fully saturated rings. The molecule has 0 radical (unpaired) electrons. The van der Waals surface area contributed by atoms with Crippen molar-refractivity contribution in [3.63, 3.8) is 0 Å². The van der Waals surface area contributed by atoms with Gasteiger partial charge >= 0.3 is 26.2 Å². The molecule has 2 aliphatic rings. The topological polar surface area (TPSA) is 180 Å². The first kappa shape index (κ1) is 50.0. The maximum Gasteiger partial charge on any atom is 2.00 e. The Kier molecular flexibility index (Phi) is 18.2. The molecule has 2 N–H and O–H groups in total. The molecule has 5 heterocycles. The molecule has 8 bridgehead atoms. The third kappa shape index (κ3) is 12.9. The van der Waals surface area contributed by atoms with Crippen molar-refractivity contribution >= 4 is 55.7 Å². The average Bonchev–Trinajstić information content (AvgIpc) is 4.05. The zero-order valence-corrected chi connectivity index (χ0v) is 41.1. The number of carbonyl (C=O) groups excluding carboxylic acids is 2. The molecule has 340 valence electrons. The van der Waals surface area contributed by atoms with Crippen molar-refractivity contribution in [1.82, 2.24) is 39.9 Å². The fourth-order valence-corrected chi connectivity index (χ4v) is 7.87. The van der Waals surface area contributed by atoms with Gasteiger partial charge in [-0.3, -0.25) is 9.59 Å². The molecular weight excluding hydrogens is 916 g/mol. The van der Waals surface area contributed by atoms with Crippen LogP contribution in [0.5, 0.6) is 0 Å². The van der Waals surface area contributed by atoms with Crippen molar-refractivity contribution in [2.45, 2.75) is 105 Å². The predicted octanol–water partition coefficient (Wildman–Crippen LogP) is 12.9. The number of hydrogen-bond acceptors (Lipinski definition) is 10. The molecule has 9 rings (SSSR count). The van der Waals surface area contributed by atoms with E-state index in [0.29, 0.717) is 58.7 Å². The van der Waals surface area contributed by atoms with Gasteiger partial charge in [0.25, 0.3) is 0 Å². The van der Waals surface area contributed by atoms with Gasteiger partial charge in [-0.25, -0.2) is 9.97 Å². The molecule has 0 saturated carbocycles. The summed E-state index contributed by atoms with van der Waals surface area (Å²) in [4.78, 5) is 61.4. The normalized spacial score (nSPS) is 11.7. The van der Waals surface area contributed by atoms with Crippen molar-refractivity contribution in [3.8, 4) is 45.6 Å². The Morgan fingerprint density at radius 2 is 0.701 bits per heavy atom. The van der Waals surface area contributed by atoms with E-state index in [9.17, 15) is 9.59 Å². The van der Waals surface area contributed by atoms with E-state index in [1.807, 2.05) is 97.1 Å². The van der Waals surface area contributed by atoms with E-state index in [1.54, 1.807) is 0 Å². The quantitative estimate of drug-likeness (QED) is 0.0599. The second-order valence-electron chi connectivity index (χ2n) is 16.5. The van der Waals surface area contributed by atoms with E-state index in [0.717, 1.165) is 69.5 Å². The van der Waals surface area contributed by atoms with Crippen LogP contribution in [-0.2, 0) is 35.8 Å². The summed E-state index contributed by atoms with van der Waals surface area (Å²) in [5.74, 6) is 2.50. The first-order valence-corrected chi connectivity index (χ1v) is 23.0. The molecule has 3 aromatic heterocycles. The molecule has 4 aromatic carbocycles. The summed E-state index contributed by atoms with van der Waals surface area (Å²) in [6, 6.07) is 31.8. The third-order valence-electron chi connectivity index (χ3n) is 11.1. The van der Waals surface area contributed by atoms with Gasteiger partial charge in [-0.05, 0) is 48.2 Å². The summed E-state index contributed by atoms with van der Waals surface area (Å²) in [6.45, 7) is 7.38. The Morgan fingerprint density at radius 1 is 0.433 bits per heavy atom. The molecule has 0 atom stereocenters. The molecule has 2 aliphatic heterocycles. The largest absolute Gasteiger partial charge is 2.00 e. The number of fused-ring (bicyclic) bond motifs is 20. The first-order chi connectivity index (χ1) is 32.1. The van der Waals surface area contributed by atoms with Crippen LogP contribution in [0.3, 0.4) is 0 Å². The maximum absolute atomic E-state index is 11.0. The Labute approximate surface area is 410 Å². The average molecular weight is 972 g/mol. The van der Waals surface area contributed by atoms with Crippen molar-refractivity contribution < 1.29 is 46.0 Å². The number of nitrogens with zero attached hydrogens (tertiary/aromatic N) is 8. The molecule has 0 amide bonds. The smallest absolute Gasteiger partial charge is 0.512 e. The number of aliphatic hydroxyl groups is 2. The number of ketones is 2. The molecule has 0 aliphatic carbocycles. The van der Waals surface area contributed by atoms with Gasteiger partial charge in [0.15, 0.2) is 11.6 Å². The van der Waals surface area contributed by atoms with Crippen molar-refractivity contribution in [1.29, 1.82) is 0 Å². The Morgan fingerprint density at radius 3 is 0.970 bits per heavy atom. The van der Waals surface area contributed by atoms with Crippen LogP contribution < -0.4 is 9.97 Å². The molecule has 67 heavy (non-hydrogen) atoms. The zero-order chi connectivity index (χ0) is 46.4. The van der Waals surface area contributed by atoms with E-state index >= 15 is 0 Å². The maximum atomic E-state index is 11.0. The van der Waals surface area contributed by atoms with Crippen LogP contribution >= 0.6 is 0 Å². The van der Waals surface area contributed by atoms with Crippen LogP contribution in [-0.4, -0.2) is 51.7 Å². The van der Waals surface area contributed by atoms with Crippen LogP contribution in [0.15, 0.2) is 121 Å². The van der Waals surface area contributed by atoms with Gasteiger partial charge in [0.05, 0.1) is 34.8 Å². The molecular formula is C54H56N8O4Zr. The van der Waals surface area contributed by atoms with E-state index in [4.69, 9.17) is 50.1 Å². The standard InChI is InChI=1S/C32H16N8.2C11H20O2.Zr/c1-2-10-18-17(9-1)25-33-26(18)38-28-21-13-5-6-14-22(21)30(35-28)40-32-24-16-8-7-15-23(24)31(36-32)39-29-20-12-4-3-11-19(20)27(34-29)37-25;2*1-3-4-5-6-7-8-11(13)9-10(2)12;/h1-16H;2*9,12H,3-8H2,1-2H3;/q-2;;;+2. The summed E-state index contributed by atoms with van der Waals surface area (Å²) in [5, 5.41) is 21.2. The Hall–Kier alpha value is -6.46. The van der Waals surface area contributed by atoms with E-state index in [2.05, 4.69) is 13.8 Å². The van der Waals surface area contributed by atoms with Gasteiger partial charge in [-0.15, -0.1) is 0 Å². The number of aromatic nitrogens is 8. The van der Waals surface area contributed by atoms with Gasteiger partial charge in [-0.2, -0.15) is 0 Å². The minimum atomic E-state index is 0. The molecule has 13 heteroatoms. The Bertz CT molecular complexity index is 2710. The number of hydrogen-bond donors (Lipinski definition) is 2. The second kappa shape index (κ2) is 24.4. The molecule has 12 nitrogen and oxygen atoms in total. The molecule has 0 unspecified atom stereocenters. The SMILES string of the molecule is CCCCCCCC(=O)C=C(C)O.CCCCCCCC(=O)C=C(C)O.[Zr+2].c1ccc2c(c1)-c1nc-2nc2[n-]c(nc3nc(nc4[n-]c(n1)c1ccccc41)-c1ccccc1-3)c1ccccc21. The fraction of sp³-hybridized carbons (Fsp3) is 0.296. The van der Waals surface area contributed by atoms with Crippen molar-refractivity contribution in [2.75, 3.05) is 0 Å². The number of benzene rings is 4. The summed E-state index contributed by atoms with van der Waals surface area (Å²) in [7, 11) is 0. The van der Waals surface area contributed by atoms with E-state index in [1.165, 1.54) is 64.5 Å². The van der Waals surface area contributed by atoms with Gasteiger partial charge in [-0.1, -0.05) is 162 Å². The van der Waals surface area contributed by atoms with E-state index < -0.39 is 0 Å². The first-order valence-electron chi connectivity index (χ1n) is 23.0. The van der Waals surface area contributed by atoms with Crippen LogP contribution in [0, 0.1) is 0 Å². The predicted molar refractivity (Wildman–Crippen MR) is 264 cm³/mol. The summed E-state index contributed by atoms with van der Waals surface area (Å²) in [5.41, 5.74) is 5.78.